The third-order valence-corrected chi connectivity index (χ3v) is 2.80. The molecule has 0 amide bonds. The van der Waals surface area contributed by atoms with Crippen molar-refractivity contribution in [1.29, 1.82) is 0 Å². The van der Waals surface area contributed by atoms with Gasteiger partial charge in [-0.15, -0.1) is 5.92 Å². The van der Waals surface area contributed by atoms with Crippen LogP contribution in [0.4, 0.5) is 8.78 Å². The van der Waals surface area contributed by atoms with Crippen molar-refractivity contribution in [2.45, 2.75) is 50.8 Å². The number of hydrogen-bond donors (Lipinski definition) is 0. The zero-order valence-electron chi connectivity index (χ0n) is 9.16. The molecule has 0 N–H and O–H groups in total. The second kappa shape index (κ2) is 3.92. The van der Waals surface area contributed by atoms with Gasteiger partial charge in [0.15, 0.2) is 0 Å². The molecule has 1 aliphatic rings. The van der Waals surface area contributed by atoms with Gasteiger partial charge in [0.25, 0.3) is 5.92 Å². The van der Waals surface area contributed by atoms with Gasteiger partial charge in [-0.1, -0.05) is 25.1 Å². The van der Waals surface area contributed by atoms with E-state index in [1.54, 1.807) is 0 Å². The summed E-state index contributed by atoms with van der Waals surface area (Å²) in [6.45, 7) is 3.78. The lowest BCUT2D eigenvalue weighted by atomic mass is 9.59. The molecule has 3 heteroatoms. The monoisotopic (exact) mass is 198 g/mol. The van der Waals surface area contributed by atoms with E-state index in [1.165, 1.54) is 0 Å². The third kappa shape index (κ3) is 2.74. The average Bonchev–Trinajstić information content (AvgIpc) is 1.95. The van der Waals surface area contributed by atoms with Gasteiger partial charge in [-0.3, -0.25) is 0 Å². The van der Waals surface area contributed by atoms with Crippen molar-refractivity contribution in [3.63, 3.8) is 0 Å². The van der Waals surface area contributed by atoms with Crippen LogP contribution < -0.4 is 0 Å². The molecular weight excluding hydrogens is 181 g/mol. The van der Waals surface area contributed by atoms with E-state index in [0.29, 0.717) is 6.42 Å². The molecule has 0 aromatic rings. The first kappa shape index (κ1) is 11.6. The second-order valence-electron chi connectivity index (χ2n) is 5.10. The maximum atomic E-state index is 13.7. The second-order valence-corrected chi connectivity index (χ2v) is 5.10. The van der Waals surface area contributed by atoms with E-state index in [-0.39, 0.29) is 11.7 Å². The largest absolute Gasteiger partial charge is 0.261 e. The lowest BCUT2D eigenvalue weighted by molar-refractivity contribution is -0.0707. The predicted molar refractivity (Wildman–Crippen MR) is 57.3 cm³/mol. The van der Waals surface area contributed by atoms with E-state index in [2.05, 4.69) is 11.8 Å². The third-order valence-electron chi connectivity index (χ3n) is 2.80. The van der Waals surface area contributed by atoms with Crippen LogP contribution in [0.3, 0.4) is 0 Å². The minimum Gasteiger partial charge on any atom is -0.205 e. The number of rotatable bonds is 1. The van der Waals surface area contributed by atoms with Crippen LogP contribution in [-0.2, 0) is 0 Å². The van der Waals surface area contributed by atoms with Crippen molar-refractivity contribution in [2.24, 2.45) is 5.92 Å². The molecule has 0 spiro atoms. The highest BCUT2D eigenvalue weighted by atomic mass is 19.3. The lowest BCUT2D eigenvalue weighted by Crippen LogP contribution is -2.36. The van der Waals surface area contributed by atoms with Gasteiger partial charge in [0.05, 0.1) is 6.42 Å². The van der Waals surface area contributed by atoms with Crippen molar-refractivity contribution < 1.29 is 8.78 Å². The Bertz CT molecular complexity index is 255. The predicted octanol–water partition coefficient (Wildman–Crippen LogP) is 2.65. The highest BCUT2D eigenvalue weighted by molar-refractivity contribution is 6.14. The molecule has 1 aliphatic carbocycles. The number of alkyl halides is 2. The number of hydrogen-bond acceptors (Lipinski definition) is 0. The molecular formula is C11H17BF2. The van der Waals surface area contributed by atoms with Crippen LogP contribution in [0.5, 0.6) is 0 Å². The van der Waals surface area contributed by atoms with Gasteiger partial charge >= 0.3 is 0 Å². The Kier molecular flexibility index (Phi) is 3.24. The summed E-state index contributed by atoms with van der Waals surface area (Å²) in [5, 5.41) is -0.331. The minimum atomic E-state index is -2.62. The van der Waals surface area contributed by atoms with Gasteiger partial charge in [-0.05, 0) is 12.8 Å². The lowest BCUT2D eigenvalue weighted by Gasteiger charge is -2.36. The molecule has 78 valence electrons. The summed E-state index contributed by atoms with van der Waals surface area (Å²) in [4.78, 5) is 0. The maximum Gasteiger partial charge on any atom is 0.261 e. The van der Waals surface area contributed by atoms with E-state index in [4.69, 9.17) is 0 Å². The van der Waals surface area contributed by atoms with Crippen LogP contribution in [0.2, 0.25) is 5.31 Å². The van der Waals surface area contributed by atoms with Crippen molar-refractivity contribution in [1.82, 2.24) is 0 Å². The van der Waals surface area contributed by atoms with Crippen LogP contribution in [0.25, 0.3) is 0 Å². The fraction of sp³-hybridized carbons (Fsp3) is 0.818. The van der Waals surface area contributed by atoms with E-state index >= 15 is 0 Å². The van der Waals surface area contributed by atoms with E-state index in [0.717, 1.165) is 12.8 Å². The molecule has 0 heterocycles. The van der Waals surface area contributed by atoms with Crippen LogP contribution in [0.1, 0.15) is 39.5 Å². The molecule has 0 bridgehead atoms. The van der Waals surface area contributed by atoms with Gasteiger partial charge in [-0.2, -0.15) is 0 Å². The van der Waals surface area contributed by atoms with Gasteiger partial charge < -0.3 is 0 Å². The van der Waals surface area contributed by atoms with Crippen LogP contribution >= 0.6 is 0 Å². The van der Waals surface area contributed by atoms with Gasteiger partial charge in [0, 0.05) is 12.3 Å². The Hall–Kier alpha value is -0.515. The topological polar surface area (TPSA) is 0 Å². The zero-order valence-corrected chi connectivity index (χ0v) is 9.16. The summed E-state index contributed by atoms with van der Waals surface area (Å²) in [6.07, 6.45) is 1.88. The smallest absolute Gasteiger partial charge is 0.205 e. The van der Waals surface area contributed by atoms with E-state index in [1.807, 2.05) is 21.7 Å². The van der Waals surface area contributed by atoms with Crippen LogP contribution in [-0.4, -0.2) is 13.8 Å². The summed E-state index contributed by atoms with van der Waals surface area (Å²) >= 11 is 0. The Morgan fingerprint density at radius 2 is 2.00 bits per heavy atom. The Morgan fingerprint density at radius 3 is 2.57 bits per heavy atom. The molecule has 1 atom stereocenters. The summed E-state index contributed by atoms with van der Waals surface area (Å²) in [5.74, 6) is 2.21. The molecule has 0 nitrogen and oxygen atoms in total. The fourth-order valence-corrected chi connectivity index (χ4v) is 2.06. The first-order valence-corrected chi connectivity index (χ1v) is 5.17. The number of halogens is 2. The molecule has 0 radical (unpaired) electrons. The van der Waals surface area contributed by atoms with Crippen molar-refractivity contribution in [2.75, 3.05) is 0 Å². The Labute approximate surface area is 85.9 Å². The molecule has 0 aliphatic heterocycles. The molecule has 14 heavy (non-hydrogen) atoms. The molecule has 1 rings (SSSR count). The normalized spacial score (nSPS) is 27.0. The average molecular weight is 198 g/mol. The van der Waals surface area contributed by atoms with Gasteiger partial charge in [-0.25, -0.2) is 8.78 Å². The zero-order chi connectivity index (χ0) is 10.8. The molecule has 0 saturated carbocycles. The summed E-state index contributed by atoms with van der Waals surface area (Å²) < 4.78 is 27.4. The molecule has 0 fully saturated rings. The molecule has 0 aromatic carbocycles. The van der Waals surface area contributed by atoms with Crippen LogP contribution in [0.15, 0.2) is 0 Å². The van der Waals surface area contributed by atoms with E-state index in [9.17, 15) is 8.78 Å². The first-order valence-electron chi connectivity index (χ1n) is 5.17. The first-order chi connectivity index (χ1) is 6.34. The van der Waals surface area contributed by atoms with Gasteiger partial charge in [0.1, 0.15) is 7.85 Å². The van der Waals surface area contributed by atoms with Crippen LogP contribution in [0, 0.1) is 17.8 Å². The summed E-state index contributed by atoms with van der Waals surface area (Å²) in [6, 6.07) is 0. The summed E-state index contributed by atoms with van der Waals surface area (Å²) in [5.41, 5.74) is 0. The van der Waals surface area contributed by atoms with Crippen molar-refractivity contribution in [3.05, 3.63) is 0 Å². The SMILES string of the molecule is BC(C)(C)C1CCCC#CCC1(F)F. The summed E-state index contributed by atoms with van der Waals surface area (Å²) in [7, 11) is 1.89. The standard InChI is InChI=1S/C11H17BF2/c1-10(2,12)9-7-5-3-4-6-8-11(9,13)14/h9H,3,5,7-8,12H2,1-2H3. The Morgan fingerprint density at radius 1 is 1.36 bits per heavy atom. The van der Waals surface area contributed by atoms with Crippen molar-refractivity contribution >= 4 is 7.85 Å². The molecule has 0 aromatic heterocycles. The highest BCUT2D eigenvalue weighted by Gasteiger charge is 2.44. The van der Waals surface area contributed by atoms with E-state index < -0.39 is 11.8 Å². The molecule has 1 unspecified atom stereocenters. The molecule has 0 saturated heterocycles. The minimum absolute atomic E-state index is 0.269. The fourth-order valence-electron chi connectivity index (χ4n) is 2.06. The quantitative estimate of drug-likeness (QED) is 0.448. The van der Waals surface area contributed by atoms with Crippen molar-refractivity contribution in [3.8, 4) is 11.8 Å². The highest BCUT2D eigenvalue weighted by Crippen LogP contribution is 2.46. The van der Waals surface area contributed by atoms with Gasteiger partial charge in [0.2, 0.25) is 0 Å². The maximum absolute atomic E-state index is 13.7. The Balaban J connectivity index is 2.87.